The van der Waals surface area contributed by atoms with Gasteiger partial charge in [0, 0.05) is 37.2 Å². The number of benzene rings is 3. The smallest absolute Gasteiger partial charge is 0.220 e. The Hall–Kier alpha value is -3.42. The van der Waals surface area contributed by atoms with E-state index < -0.39 is 0 Å². The topological polar surface area (TPSA) is 78.1 Å². The van der Waals surface area contributed by atoms with Crippen molar-refractivity contribution in [3.8, 4) is 34.1 Å². The summed E-state index contributed by atoms with van der Waals surface area (Å²) in [5.74, 6) is 3.03. The molecule has 0 unspecified atom stereocenters. The van der Waals surface area contributed by atoms with Gasteiger partial charge in [-0.3, -0.25) is 4.79 Å². The number of carbonyl (C=O) groups is 1. The molecule has 8 heteroatoms. The van der Waals surface area contributed by atoms with E-state index in [0.29, 0.717) is 43.5 Å². The summed E-state index contributed by atoms with van der Waals surface area (Å²) >= 11 is 6.69. The molecular weight excluding hydrogens is 504 g/mol. The zero-order valence-electron chi connectivity index (χ0n) is 21.3. The molecule has 0 radical (unpaired) electrons. The number of methoxy groups -OCH3 is 1. The van der Waals surface area contributed by atoms with E-state index in [2.05, 4.69) is 41.0 Å². The van der Waals surface area contributed by atoms with Gasteiger partial charge in [0.05, 0.1) is 12.1 Å². The minimum Gasteiger partial charge on any atom is -0.496 e. The summed E-state index contributed by atoms with van der Waals surface area (Å²) in [7, 11) is 1.65. The van der Waals surface area contributed by atoms with Crippen LogP contribution in [0.15, 0.2) is 48.5 Å². The van der Waals surface area contributed by atoms with E-state index in [-0.39, 0.29) is 18.1 Å². The maximum atomic E-state index is 11.4. The number of fused-ring (bicyclic) bond motifs is 2. The Morgan fingerprint density at radius 2 is 1.89 bits per heavy atom. The first kappa shape index (κ1) is 24.9. The molecule has 1 fully saturated rings. The lowest BCUT2D eigenvalue weighted by Gasteiger charge is -2.20. The summed E-state index contributed by atoms with van der Waals surface area (Å²) in [5, 5.41) is 6.93. The summed E-state index contributed by atoms with van der Waals surface area (Å²) < 4.78 is 23.6. The van der Waals surface area contributed by atoms with Crippen LogP contribution in [-0.2, 0) is 17.8 Å². The number of nitrogens with one attached hydrogen (secondary N) is 2. The van der Waals surface area contributed by atoms with Gasteiger partial charge < -0.3 is 29.6 Å². The molecular formula is C30H31ClN2O5. The van der Waals surface area contributed by atoms with Gasteiger partial charge in [0.25, 0.3) is 0 Å². The zero-order valence-corrected chi connectivity index (χ0v) is 22.1. The Balaban J connectivity index is 1.18. The Kier molecular flexibility index (Phi) is 7.04. The first-order valence-electron chi connectivity index (χ1n) is 13.1. The molecule has 7 nitrogen and oxygen atoms in total. The van der Waals surface area contributed by atoms with Crippen LogP contribution in [-0.4, -0.2) is 38.8 Å². The first-order valence-corrected chi connectivity index (χ1v) is 13.5. The number of hydrogen-bond donors (Lipinski definition) is 2. The lowest BCUT2D eigenvalue weighted by molar-refractivity contribution is -0.119. The third-order valence-electron chi connectivity index (χ3n) is 7.46. The number of hydrogen-bond acceptors (Lipinski definition) is 6. The van der Waals surface area contributed by atoms with Crippen molar-refractivity contribution in [2.24, 2.45) is 0 Å². The summed E-state index contributed by atoms with van der Waals surface area (Å²) in [5.41, 5.74) is 5.71. The van der Waals surface area contributed by atoms with Crippen LogP contribution < -0.4 is 29.6 Å². The van der Waals surface area contributed by atoms with Crippen molar-refractivity contribution in [3.05, 3.63) is 70.2 Å². The van der Waals surface area contributed by atoms with Crippen LogP contribution in [0, 0.1) is 0 Å². The average Bonchev–Trinajstić information content (AvgIpc) is 3.55. The van der Waals surface area contributed by atoms with E-state index >= 15 is 0 Å². The van der Waals surface area contributed by atoms with Crippen molar-refractivity contribution in [3.63, 3.8) is 0 Å². The van der Waals surface area contributed by atoms with Crippen LogP contribution in [0.25, 0.3) is 11.1 Å². The van der Waals surface area contributed by atoms with Gasteiger partial charge in [-0.15, -0.1) is 0 Å². The van der Waals surface area contributed by atoms with Crippen molar-refractivity contribution >= 4 is 17.5 Å². The Morgan fingerprint density at radius 3 is 2.71 bits per heavy atom. The van der Waals surface area contributed by atoms with Crippen molar-refractivity contribution in [1.29, 1.82) is 0 Å². The molecule has 38 heavy (non-hydrogen) atoms. The highest BCUT2D eigenvalue weighted by Crippen LogP contribution is 2.44. The predicted octanol–water partition coefficient (Wildman–Crippen LogP) is 5.22. The highest BCUT2D eigenvalue weighted by molar-refractivity contribution is 6.32. The second kappa shape index (κ2) is 10.8. The Labute approximate surface area is 227 Å². The maximum Gasteiger partial charge on any atom is 0.220 e. The van der Waals surface area contributed by atoms with Crippen LogP contribution in [0.2, 0.25) is 5.02 Å². The standard InChI is InChI=1S/C30H31ClN2O5/c1-35-27-15-28(24(31)13-19(27)16-32-17-20-6-10-30(34)33-20)38-25-9-7-22-21(3-2-4-23(22)25)18-5-8-26-29(14-18)37-12-11-36-26/h2-5,8,13-15,20,25,32H,6-7,9-12,16-17H2,1H3,(H,33,34)/t20-,25-/m0/s1. The molecule has 6 rings (SSSR count). The van der Waals surface area contributed by atoms with Crippen LogP contribution in [0.1, 0.15) is 42.1 Å². The van der Waals surface area contributed by atoms with Gasteiger partial charge in [0.1, 0.15) is 30.8 Å². The monoisotopic (exact) mass is 534 g/mol. The molecule has 1 amide bonds. The largest absolute Gasteiger partial charge is 0.496 e. The molecule has 0 bridgehead atoms. The molecule has 1 aliphatic carbocycles. The molecule has 2 heterocycles. The molecule has 1 saturated heterocycles. The average molecular weight is 535 g/mol. The van der Waals surface area contributed by atoms with Gasteiger partial charge in [-0.25, -0.2) is 0 Å². The summed E-state index contributed by atoms with van der Waals surface area (Å²) in [4.78, 5) is 11.4. The van der Waals surface area contributed by atoms with Gasteiger partial charge >= 0.3 is 0 Å². The quantitative estimate of drug-likeness (QED) is 0.412. The van der Waals surface area contributed by atoms with Crippen molar-refractivity contribution < 1.29 is 23.7 Å². The van der Waals surface area contributed by atoms with Crippen LogP contribution in [0.3, 0.4) is 0 Å². The minimum atomic E-state index is -0.0979. The summed E-state index contributed by atoms with van der Waals surface area (Å²) in [6, 6.07) is 16.5. The number of halogens is 1. The molecule has 2 N–H and O–H groups in total. The van der Waals surface area contributed by atoms with Crippen LogP contribution in [0.4, 0.5) is 0 Å². The number of carbonyl (C=O) groups excluding carboxylic acids is 1. The second-order valence-electron chi connectivity index (χ2n) is 9.91. The first-order chi connectivity index (χ1) is 18.6. The third-order valence-corrected chi connectivity index (χ3v) is 7.76. The number of amides is 1. The third kappa shape index (κ3) is 5.00. The summed E-state index contributed by atoms with van der Waals surface area (Å²) in [6.07, 6.45) is 3.14. The van der Waals surface area contributed by atoms with Crippen molar-refractivity contribution in [2.75, 3.05) is 26.9 Å². The fraction of sp³-hybridized carbons (Fsp3) is 0.367. The van der Waals surface area contributed by atoms with Gasteiger partial charge in [0.2, 0.25) is 5.91 Å². The maximum absolute atomic E-state index is 11.4. The van der Waals surface area contributed by atoms with E-state index in [4.69, 9.17) is 30.5 Å². The van der Waals surface area contributed by atoms with Crippen molar-refractivity contribution in [1.82, 2.24) is 10.6 Å². The van der Waals surface area contributed by atoms with Crippen molar-refractivity contribution in [2.45, 2.75) is 44.4 Å². The van der Waals surface area contributed by atoms with Crippen LogP contribution >= 0.6 is 11.6 Å². The molecule has 3 aliphatic rings. The van der Waals surface area contributed by atoms with E-state index in [0.717, 1.165) is 47.6 Å². The van der Waals surface area contributed by atoms with E-state index in [1.807, 2.05) is 18.2 Å². The molecule has 3 aromatic rings. The molecule has 0 aromatic heterocycles. The van der Waals surface area contributed by atoms with Crippen LogP contribution in [0.5, 0.6) is 23.0 Å². The van der Waals surface area contributed by atoms with Gasteiger partial charge in [-0.05, 0) is 59.7 Å². The molecule has 0 saturated carbocycles. The normalized spacial score (nSPS) is 19.7. The number of ether oxygens (including phenoxy) is 4. The Bertz CT molecular complexity index is 1360. The highest BCUT2D eigenvalue weighted by Gasteiger charge is 2.28. The SMILES string of the molecule is COc1cc(O[C@H]2CCc3c(-c4ccc5c(c4)OCCO5)cccc32)c(Cl)cc1CNC[C@@H]1CCC(=O)N1. The van der Waals surface area contributed by atoms with Gasteiger partial charge in [-0.2, -0.15) is 0 Å². The molecule has 2 aliphatic heterocycles. The Morgan fingerprint density at radius 1 is 1.03 bits per heavy atom. The second-order valence-corrected chi connectivity index (χ2v) is 10.3. The van der Waals surface area contributed by atoms with E-state index in [1.165, 1.54) is 16.7 Å². The lowest BCUT2D eigenvalue weighted by Crippen LogP contribution is -2.35. The lowest BCUT2D eigenvalue weighted by atomic mass is 9.96. The zero-order chi connectivity index (χ0) is 26.1. The number of rotatable bonds is 8. The van der Waals surface area contributed by atoms with E-state index in [9.17, 15) is 4.79 Å². The fourth-order valence-electron chi connectivity index (χ4n) is 5.58. The molecule has 0 spiro atoms. The minimum absolute atomic E-state index is 0.0979. The molecule has 198 valence electrons. The summed E-state index contributed by atoms with van der Waals surface area (Å²) in [6.45, 7) is 2.43. The fourth-order valence-corrected chi connectivity index (χ4v) is 5.81. The highest BCUT2D eigenvalue weighted by atomic mass is 35.5. The predicted molar refractivity (Wildman–Crippen MR) is 145 cm³/mol. The van der Waals surface area contributed by atoms with Gasteiger partial charge in [-0.1, -0.05) is 35.9 Å². The molecule has 3 aromatic carbocycles. The van der Waals surface area contributed by atoms with E-state index in [1.54, 1.807) is 7.11 Å². The molecule has 2 atom stereocenters. The van der Waals surface area contributed by atoms with Gasteiger partial charge in [0.15, 0.2) is 11.5 Å².